The van der Waals surface area contributed by atoms with Gasteiger partial charge < -0.3 is 36.2 Å². The third kappa shape index (κ3) is 7.27. The van der Waals surface area contributed by atoms with Gasteiger partial charge in [0.05, 0.1) is 11.3 Å². The normalized spacial score (nSPS) is 11.8. The van der Waals surface area contributed by atoms with Gasteiger partial charge in [0, 0.05) is 47.7 Å². The molecule has 0 aliphatic heterocycles. The molecule has 0 saturated carbocycles. The number of H-pyrrole nitrogens is 1. The number of pyridine rings is 2. The molecule has 3 rings (SSSR count). The maximum absolute atomic E-state index is 13.4. The standard InChI is InChI=1S/C28H36N6O4/c1-16(2)32-26-23(12-29)22(27(36)31-14-24-17(3)9-18(4)33-28(24)37)11-25(34-26)19-7-6-8-21(10-19)38-15-20(35)13-30-5/h6-12,16,20,29-30,35H,13-15H2,1-5H3,(H,31,36)(H,32,34)(H,33,37). The van der Waals surface area contributed by atoms with Gasteiger partial charge in [0.2, 0.25) is 0 Å². The Morgan fingerprint density at radius 1 is 1.24 bits per heavy atom. The number of nitrogens with one attached hydrogen (secondary N) is 5. The molecule has 0 aliphatic carbocycles. The summed E-state index contributed by atoms with van der Waals surface area (Å²) in [6.07, 6.45) is 0.443. The number of hydrogen-bond donors (Lipinski definition) is 6. The molecule has 1 amide bonds. The number of ether oxygens (including phenoxy) is 1. The molecule has 0 aliphatic rings. The minimum Gasteiger partial charge on any atom is -0.491 e. The maximum atomic E-state index is 13.4. The first kappa shape index (κ1) is 28.5. The van der Waals surface area contributed by atoms with Crippen molar-refractivity contribution in [2.45, 2.75) is 46.4 Å². The fourth-order valence-corrected chi connectivity index (χ4v) is 4.02. The van der Waals surface area contributed by atoms with Crippen LogP contribution in [-0.2, 0) is 6.54 Å². The van der Waals surface area contributed by atoms with E-state index in [1.54, 1.807) is 32.2 Å². The van der Waals surface area contributed by atoms with Crippen molar-refractivity contribution in [1.29, 1.82) is 5.41 Å². The Kier molecular flexibility index (Phi) is 9.75. The van der Waals surface area contributed by atoms with Crippen molar-refractivity contribution in [3.63, 3.8) is 0 Å². The Hall–Kier alpha value is -4.02. The number of aryl methyl sites for hydroxylation is 2. The lowest BCUT2D eigenvalue weighted by Crippen LogP contribution is -2.29. The summed E-state index contributed by atoms with van der Waals surface area (Å²) in [7, 11) is 1.75. The average Bonchev–Trinajstić information content (AvgIpc) is 2.86. The van der Waals surface area contributed by atoms with Crippen LogP contribution in [0, 0.1) is 19.3 Å². The average molecular weight is 521 g/mol. The first-order chi connectivity index (χ1) is 18.1. The van der Waals surface area contributed by atoms with Crippen LogP contribution >= 0.6 is 0 Å². The number of rotatable bonds is 12. The number of aromatic amines is 1. The second kappa shape index (κ2) is 13.0. The van der Waals surface area contributed by atoms with Gasteiger partial charge in [-0.3, -0.25) is 9.59 Å². The minimum atomic E-state index is -0.657. The van der Waals surface area contributed by atoms with Gasteiger partial charge >= 0.3 is 0 Å². The molecule has 0 radical (unpaired) electrons. The quantitative estimate of drug-likeness (QED) is 0.201. The largest absolute Gasteiger partial charge is 0.491 e. The number of carbonyl (C=O) groups is 1. The van der Waals surface area contributed by atoms with Gasteiger partial charge in [0.25, 0.3) is 11.5 Å². The molecule has 10 nitrogen and oxygen atoms in total. The number of anilines is 1. The molecule has 2 aromatic heterocycles. The van der Waals surface area contributed by atoms with Gasteiger partial charge in [0.1, 0.15) is 24.3 Å². The number of likely N-dealkylation sites (N-methyl/N-ethyl adjacent to an activating group) is 1. The van der Waals surface area contributed by atoms with Crippen LogP contribution in [-0.4, -0.2) is 59.5 Å². The van der Waals surface area contributed by atoms with E-state index >= 15 is 0 Å². The van der Waals surface area contributed by atoms with Crippen LogP contribution in [0.3, 0.4) is 0 Å². The highest BCUT2D eigenvalue weighted by Crippen LogP contribution is 2.28. The summed E-state index contributed by atoms with van der Waals surface area (Å²) >= 11 is 0. The third-order valence-corrected chi connectivity index (χ3v) is 5.80. The molecule has 202 valence electrons. The lowest BCUT2D eigenvalue weighted by molar-refractivity contribution is 0.0950. The predicted molar refractivity (Wildman–Crippen MR) is 149 cm³/mol. The number of aliphatic hydroxyl groups is 1. The molecule has 0 saturated heterocycles. The van der Waals surface area contributed by atoms with E-state index in [1.165, 1.54) is 0 Å². The van der Waals surface area contributed by atoms with Crippen LogP contribution in [0.15, 0.2) is 41.2 Å². The lowest BCUT2D eigenvalue weighted by atomic mass is 10.0. The van der Waals surface area contributed by atoms with E-state index in [0.29, 0.717) is 40.5 Å². The smallest absolute Gasteiger partial charge is 0.253 e. The van der Waals surface area contributed by atoms with Crippen molar-refractivity contribution in [1.82, 2.24) is 20.6 Å². The van der Waals surface area contributed by atoms with Gasteiger partial charge in [-0.1, -0.05) is 12.1 Å². The fraction of sp³-hybridized carbons (Fsp3) is 0.357. The molecule has 38 heavy (non-hydrogen) atoms. The molecule has 0 bridgehead atoms. The number of carbonyl (C=O) groups excluding carboxylic acids is 1. The van der Waals surface area contributed by atoms with Crippen molar-refractivity contribution >= 4 is 17.9 Å². The van der Waals surface area contributed by atoms with Crippen LogP contribution in [0.2, 0.25) is 0 Å². The summed E-state index contributed by atoms with van der Waals surface area (Å²) < 4.78 is 5.74. The number of hydrogen-bond acceptors (Lipinski definition) is 8. The minimum absolute atomic E-state index is 0.00413. The van der Waals surface area contributed by atoms with E-state index in [9.17, 15) is 14.7 Å². The summed E-state index contributed by atoms with van der Waals surface area (Å²) in [5.74, 6) is 0.521. The van der Waals surface area contributed by atoms with E-state index < -0.39 is 12.0 Å². The maximum Gasteiger partial charge on any atom is 0.253 e. The van der Waals surface area contributed by atoms with Gasteiger partial charge in [0.15, 0.2) is 0 Å². The van der Waals surface area contributed by atoms with Crippen molar-refractivity contribution in [2.24, 2.45) is 0 Å². The number of aromatic nitrogens is 2. The molecule has 1 atom stereocenters. The summed E-state index contributed by atoms with van der Waals surface area (Å²) in [6.45, 7) is 8.09. The highest BCUT2D eigenvalue weighted by molar-refractivity contribution is 6.05. The summed E-state index contributed by atoms with van der Waals surface area (Å²) in [6, 6.07) is 10.7. The molecule has 1 unspecified atom stereocenters. The van der Waals surface area contributed by atoms with Gasteiger partial charge in [-0.2, -0.15) is 0 Å². The highest BCUT2D eigenvalue weighted by atomic mass is 16.5. The molecule has 2 heterocycles. The second-order valence-corrected chi connectivity index (χ2v) is 9.44. The zero-order chi connectivity index (χ0) is 27.8. The third-order valence-electron chi connectivity index (χ3n) is 5.80. The van der Waals surface area contributed by atoms with Gasteiger partial charge in [-0.25, -0.2) is 4.98 Å². The highest BCUT2D eigenvalue weighted by Gasteiger charge is 2.19. The Bertz CT molecular complexity index is 1350. The zero-order valence-electron chi connectivity index (χ0n) is 22.4. The molecule has 3 aromatic rings. The van der Waals surface area contributed by atoms with Crippen molar-refractivity contribution in [2.75, 3.05) is 25.5 Å². The predicted octanol–water partition coefficient (Wildman–Crippen LogP) is 2.76. The van der Waals surface area contributed by atoms with E-state index in [0.717, 1.165) is 17.5 Å². The Morgan fingerprint density at radius 3 is 2.66 bits per heavy atom. The fourth-order valence-electron chi connectivity index (χ4n) is 4.02. The first-order valence-corrected chi connectivity index (χ1v) is 12.5. The summed E-state index contributed by atoms with van der Waals surface area (Å²) in [5.41, 5.74) is 3.57. The van der Waals surface area contributed by atoms with Gasteiger partial charge in [-0.05, 0) is 64.6 Å². The van der Waals surface area contributed by atoms with E-state index in [1.807, 2.05) is 39.0 Å². The topological polar surface area (TPSA) is 152 Å². The first-order valence-electron chi connectivity index (χ1n) is 12.5. The van der Waals surface area contributed by atoms with Crippen LogP contribution in [0.4, 0.5) is 5.82 Å². The zero-order valence-corrected chi connectivity index (χ0v) is 22.4. The van der Waals surface area contributed by atoms with Crippen LogP contribution < -0.4 is 26.2 Å². The number of aliphatic hydroxyl groups excluding tert-OH is 1. The summed E-state index contributed by atoms with van der Waals surface area (Å²) in [4.78, 5) is 33.3. The SMILES string of the molecule is CNCC(O)COc1cccc(-c2cc(C(=O)NCc3c(C)cc(C)[nH]c3=O)c(C=N)c(NC(C)C)n2)c1. The Balaban J connectivity index is 1.97. The summed E-state index contributed by atoms with van der Waals surface area (Å²) in [5, 5.41) is 26.9. The second-order valence-electron chi connectivity index (χ2n) is 9.44. The van der Waals surface area contributed by atoms with Crippen molar-refractivity contribution < 1.29 is 14.6 Å². The monoisotopic (exact) mass is 520 g/mol. The van der Waals surface area contributed by atoms with Crippen LogP contribution in [0.1, 0.15) is 46.6 Å². The number of nitrogens with zero attached hydrogens (tertiary/aromatic N) is 1. The van der Waals surface area contributed by atoms with Crippen molar-refractivity contribution in [3.05, 3.63) is 74.7 Å². The van der Waals surface area contributed by atoms with E-state index in [-0.39, 0.29) is 30.3 Å². The van der Waals surface area contributed by atoms with Crippen LogP contribution in [0.5, 0.6) is 5.75 Å². The van der Waals surface area contributed by atoms with Gasteiger partial charge in [-0.15, -0.1) is 0 Å². The van der Waals surface area contributed by atoms with E-state index in [2.05, 4.69) is 20.9 Å². The molecule has 6 N–H and O–H groups in total. The van der Waals surface area contributed by atoms with E-state index in [4.69, 9.17) is 15.1 Å². The molecule has 1 aromatic carbocycles. The number of amides is 1. The van der Waals surface area contributed by atoms with Crippen molar-refractivity contribution in [3.8, 4) is 17.0 Å². The van der Waals surface area contributed by atoms with Crippen LogP contribution in [0.25, 0.3) is 11.3 Å². The molecule has 0 spiro atoms. The molecule has 10 heteroatoms. The molecular formula is C28H36N6O4. The molecular weight excluding hydrogens is 484 g/mol. The molecule has 0 fully saturated rings. The Labute approximate surface area is 222 Å². The number of benzene rings is 1. The Morgan fingerprint density at radius 2 is 2.00 bits per heavy atom. The lowest BCUT2D eigenvalue weighted by Gasteiger charge is -2.17.